The summed E-state index contributed by atoms with van der Waals surface area (Å²) in [6, 6.07) is 8.52. The molecule has 0 saturated carbocycles. The van der Waals surface area contributed by atoms with Gasteiger partial charge < -0.3 is 14.2 Å². The standard InChI is InChI=1S/C32H54NO3S/c1-4-5-6-7-8-9-10-11-12-13-14-15-16-19-22-35-26-32(34-3)27-36-25-31-21-18-17-20-30(31)24-33-23-29(2)37-28-33/h17-18,20-21,23,28,32H,4-16,19,22,24-27H2,1-3H3/q+1. The van der Waals surface area contributed by atoms with Gasteiger partial charge in [0.05, 0.1) is 24.7 Å². The van der Waals surface area contributed by atoms with Crippen LogP contribution in [0.15, 0.2) is 36.0 Å². The van der Waals surface area contributed by atoms with E-state index in [0.29, 0.717) is 19.8 Å². The molecular weight excluding hydrogens is 478 g/mol. The van der Waals surface area contributed by atoms with E-state index in [0.717, 1.165) is 19.6 Å². The lowest BCUT2D eigenvalue weighted by atomic mass is 10.0. The quantitative estimate of drug-likeness (QED) is 0.100. The number of unbranched alkanes of at least 4 members (excludes halogenated alkanes) is 13. The number of aryl methyl sites for hydroxylation is 1. The molecule has 0 N–H and O–H groups in total. The minimum absolute atomic E-state index is 0.0206. The zero-order chi connectivity index (χ0) is 26.4. The van der Waals surface area contributed by atoms with E-state index in [4.69, 9.17) is 14.2 Å². The Labute approximate surface area is 231 Å². The summed E-state index contributed by atoms with van der Waals surface area (Å²) >= 11 is 1.78. The van der Waals surface area contributed by atoms with E-state index >= 15 is 0 Å². The zero-order valence-corrected chi connectivity index (χ0v) is 24.9. The lowest BCUT2D eigenvalue weighted by molar-refractivity contribution is -0.683. The number of hydrogen-bond donors (Lipinski definition) is 0. The third-order valence-electron chi connectivity index (χ3n) is 7.03. The smallest absolute Gasteiger partial charge is 0.225 e. The van der Waals surface area contributed by atoms with Crippen LogP contribution in [0.3, 0.4) is 0 Å². The second kappa shape index (κ2) is 21.6. The maximum absolute atomic E-state index is 6.02. The number of methoxy groups -OCH3 is 1. The first-order valence-electron chi connectivity index (χ1n) is 14.9. The van der Waals surface area contributed by atoms with Crippen molar-refractivity contribution < 1.29 is 18.8 Å². The molecule has 210 valence electrons. The van der Waals surface area contributed by atoms with Crippen LogP contribution in [0.5, 0.6) is 0 Å². The first-order chi connectivity index (χ1) is 18.2. The van der Waals surface area contributed by atoms with Crippen LogP contribution in [-0.4, -0.2) is 33.0 Å². The molecule has 2 rings (SSSR count). The van der Waals surface area contributed by atoms with Crippen molar-refractivity contribution in [2.24, 2.45) is 0 Å². The molecule has 0 aliphatic heterocycles. The zero-order valence-electron chi connectivity index (χ0n) is 24.1. The van der Waals surface area contributed by atoms with E-state index in [-0.39, 0.29) is 6.10 Å². The van der Waals surface area contributed by atoms with Crippen molar-refractivity contribution in [2.75, 3.05) is 26.9 Å². The number of hydrogen-bond acceptors (Lipinski definition) is 4. The number of ether oxygens (including phenoxy) is 3. The molecule has 5 heteroatoms. The van der Waals surface area contributed by atoms with Gasteiger partial charge in [0.15, 0.2) is 12.7 Å². The number of thiazole rings is 1. The fourth-order valence-corrected chi connectivity index (χ4v) is 5.31. The van der Waals surface area contributed by atoms with Gasteiger partial charge in [-0.15, -0.1) is 0 Å². The molecule has 37 heavy (non-hydrogen) atoms. The summed E-state index contributed by atoms with van der Waals surface area (Å²) in [5, 5.41) is 0. The monoisotopic (exact) mass is 532 g/mol. The van der Waals surface area contributed by atoms with Crippen LogP contribution in [0.2, 0.25) is 0 Å². The Morgan fingerprint density at radius 1 is 0.757 bits per heavy atom. The van der Waals surface area contributed by atoms with E-state index in [1.54, 1.807) is 18.4 Å². The Kier molecular flexibility index (Phi) is 18.7. The molecule has 1 unspecified atom stereocenters. The second-order valence-electron chi connectivity index (χ2n) is 10.4. The Morgan fingerprint density at radius 2 is 1.32 bits per heavy atom. The van der Waals surface area contributed by atoms with Gasteiger partial charge in [0.2, 0.25) is 5.51 Å². The van der Waals surface area contributed by atoms with Crippen LogP contribution < -0.4 is 4.57 Å². The van der Waals surface area contributed by atoms with Crippen molar-refractivity contribution >= 4 is 11.3 Å². The van der Waals surface area contributed by atoms with Gasteiger partial charge in [-0.1, -0.05) is 126 Å². The third kappa shape index (κ3) is 15.7. The van der Waals surface area contributed by atoms with Crippen LogP contribution in [-0.2, 0) is 27.4 Å². The van der Waals surface area contributed by atoms with Gasteiger partial charge in [-0.3, -0.25) is 0 Å². The Balaban J connectivity index is 1.44. The van der Waals surface area contributed by atoms with E-state index < -0.39 is 0 Å². The van der Waals surface area contributed by atoms with Gasteiger partial charge >= 0.3 is 0 Å². The molecule has 1 atom stereocenters. The molecule has 0 spiro atoms. The fourth-order valence-electron chi connectivity index (χ4n) is 4.68. The summed E-state index contributed by atoms with van der Waals surface area (Å²) in [7, 11) is 1.74. The predicted octanol–water partition coefficient (Wildman–Crippen LogP) is 8.42. The number of nitrogens with zero attached hydrogens (tertiary/aromatic N) is 1. The number of aromatic nitrogens is 1. The highest BCUT2D eigenvalue weighted by Gasteiger charge is 2.12. The summed E-state index contributed by atoms with van der Waals surface area (Å²) < 4.78 is 19.7. The molecule has 0 aliphatic rings. The number of rotatable bonds is 24. The average Bonchev–Trinajstić information content (AvgIpc) is 3.32. The Morgan fingerprint density at radius 3 is 1.89 bits per heavy atom. The van der Waals surface area contributed by atoms with Gasteiger partial charge in [-0.05, 0) is 18.9 Å². The van der Waals surface area contributed by atoms with Gasteiger partial charge in [0, 0.05) is 19.3 Å². The Bertz CT molecular complexity index is 794. The van der Waals surface area contributed by atoms with Crippen molar-refractivity contribution in [1.29, 1.82) is 0 Å². The van der Waals surface area contributed by atoms with Crippen LogP contribution in [0.25, 0.3) is 0 Å². The third-order valence-corrected chi connectivity index (χ3v) is 7.89. The van der Waals surface area contributed by atoms with E-state index in [1.807, 2.05) is 0 Å². The summed E-state index contributed by atoms with van der Waals surface area (Å²) in [5.74, 6) is 0. The van der Waals surface area contributed by atoms with E-state index in [2.05, 4.69) is 54.4 Å². The van der Waals surface area contributed by atoms with E-state index in [9.17, 15) is 0 Å². The molecule has 0 saturated heterocycles. The molecule has 1 aromatic heterocycles. The topological polar surface area (TPSA) is 31.6 Å². The molecule has 4 nitrogen and oxygen atoms in total. The first kappa shape index (κ1) is 31.9. The molecule has 1 aromatic carbocycles. The van der Waals surface area contributed by atoms with Gasteiger partial charge in [0.1, 0.15) is 6.10 Å². The first-order valence-corrected chi connectivity index (χ1v) is 15.8. The van der Waals surface area contributed by atoms with Gasteiger partial charge in [0.25, 0.3) is 0 Å². The van der Waals surface area contributed by atoms with Crippen molar-refractivity contribution in [3.8, 4) is 0 Å². The minimum atomic E-state index is -0.0206. The van der Waals surface area contributed by atoms with Crippen LogP contribution >= 0.6 is 11.3 Å². The molecule has 0 fully saturated rings. The summed E-state index contributed by atoms with van der Waals surface area (Å²) in [6.45, 7) is 7.87. The fraction of sp³-hybridized carbons (Fsp3) is 0.719. The second-order valence-corrected chi connectivity index (χ2v) is 11.5. The van der Waals surface area contributed by atoms with Gasteiger partial charge in [-0.2, -0.15) is 4.57 Å². The van der Waals surface area contributed by atoms with Crippen molar-refractivity contribution in [2.45, 2.75) is 123 Å². The SMILES string of the molecule is CCCCCCCCCCCCCCCCOCC(COCc1ccccc1C[n+]1csc(C)c1)OC. The minimum Gasteiger partial charge on any atom is -0.379 e. The molecule has 0 bridgehead atoms. The molecule has 0 aliphatic carbocycles. The highest BCUT2D eigenvalue weighted by Crippen LogP contribution is 2.14. The largest absolute Gasteiger partial charge is 0.379 e. The lowest BCUT2D eigenvalue weighted by Gasteiger charge is -2.16. The predicted molar refractivity (Wildman–Crippen MR) is 156 cm³/mol. The Hall–Kier alpha value is -1.27. The van der Waals surface area contributed by atoms with E-state index in [1.165, 1.54) is 99.5 Å². The molecular formula is C32H54NO3S+. The molecule has 1 heterocycles. The van der Waals surface area contributed by atoms with Crippen molar-refractivity contribution in [3.63, 3.8) is 0 Å². The van der Waals surface area contributed by atoms with Crippen LogP contribution in [0.4, 0.5) is 0 Å². The van der Waals surface area contributed by atoms with Crippen molar-refractivity contribution in [1.82, 2.24) is 0 Å². The molecule has 2 aromatic rings. The van der Waals surface area contributed by atoms with Crippen LogP contribution in [0, 0.1) is 6.92 Å². The highest BCUT2D eigenvalue weighted by molar-refractivity contribution is 7.09. The van der Waals surface area contributed by atoms with Crippen LogP contribution in [0.1, 0.15) is 113 Å². The summed E-state index contributed by atoms with van der Waals surface area (Å²) in [5.41, 5.74) is 4.70. The van der Waals surface area contributed by atoms with Crippen molar-refractivity contribution in [3.05, 3.63) is 52.0 Å². The number of benzene rings is 1. The maximum Gasteiger partial charge on any atom is 0.225 e. The van der Waals surface area contributed by atoms with Gasteiger partial charge in [-0.25, -0.2) is 0 Å². The average molecular weight is 533 g/mol. The normalized spacial score (nSPS) is 12.3. The summed E-state index contributed by atoms with van der Waals surface area (Å²) in [6.07, 6.45) is 21.5. The highest BCUT2D eigenvalue weighted by atomic mass is 32.1. The molecule has 0 amide bonds. The maximum atomic E-state index is 6.02. The lowest BCUT2D eigenvalue weighted by Crippen LogP contribution is -2.31. The summed E-state index contributed by atoms with van der Waals surface area (Å²) in [4.78, 5) is 1.32. The molecule has 0 radical (unpaired) electrons.